The molecule has 0 heterocycles. The summed E-state index contributed by atoms with van der Waals surface area (Å²) in [5, 5.41) is 5.94. The molecular formula is C13H18ClN3O2. The molecular weight excluding hydrogens is 266 g/mol. The van der Waals surface area contributed by atoms with Crippen LogP contribution in [-0.2, 0) is 4.79 Å². The highest BCUT2D eigenvalue weighted by Gasteiger charge is 2.13. The van der Waals surface area contributed by atoms with Crippen LogP contribution in [0.4, 0.5) is 5.69 Å². The van der Waals surface area contributed by atoms with Gasteiger partial charge in [0.25, 0.3) is 5.91 Å². The van der Waals surface area contributed by atoms with Gasteiger partial charge in [-0.05, 0) is 25.2 Å². The van der Waals surface area contributed by atoms with Crippen LogP contribution in [0.2, 0.25) is 5.02 Å². The summed E-state index contributed by atoms with van der Waals surface area (Å²) in [6.45, 7) is 0.608. The topological polar surface area (TPSA) is 61.4 Å². The van der Waals surface area contributed by atoms with Gasteiger partial charge in [-0.25, -0.2) is 0 Å². The standard InChI is InChI=1S/C13H18ClN3O2/c1-15-7-6-12(18)16-9-4-5-10(11(14)8-9)13(19)17(2)3/h4-5,8,15H,6-7H2,1-3H3,(H,16,18). The van der Waals surface area contributed by atoms with Gasteiger partial charge >= 0.3 is 0 Å². The third-order valence-electron chi connectivity index (χ3n) is 2.49. The van der Waals surface area contributed by atoms with Gasteiger partial charge in [-0.3, -0.25) is 9.59 Å². The number of amides is 2. The van der Waals surface area contributed by atoms with Crippen molar-refractivity contribution in [1.82, 2.24) is 10.2 Å². The number of anilines is 1. The van der Waals surface area contributed by atoms with E-state index in [-0.39, 0.29) is 11.8 Å². The van der Waals surface area contributed by atoms with E-state index in [1.807, 2.05) is 0 Å². The summed E-state index contributed by atoms with van der Waals surface area (Å²) >= 11 is 6.04. The molecule has 2 amide bonds. The molecule has 1 aromatic carbocycles. The molecule has 0 unspecified atom stereocenters. The molecule has 0 spiro atoms. The van der Waals surface area contributed by atoms with Gasteiger partial charge in [-0.2, -0.15) is 0 Å². The minimum Gasteiger partial charge on any atom is -0.345 e. The lowest BCUT2D eigenvalue weighted by Crippen LogP contribution is -2.22. The third-order valence-corrected chi connectivity index (χ3v) is 2.80. The Morgan fingerprint density at radius 2 is 2.00 bits per heavy atom. The van der Waals surface area contributed by atoms with Crippen LogP contribution < -0.4 is 10.6 Å². The monoisotopic (exact) mass is 283 g/mol. The number of halogens is 1. The first-order valence-electron chi connectivity index (χ1n) is 5.91. The fourth-order valence-electron chi connectivity index (χ4n) is 1.47. The van der Waals surface area contributed by atoms with Crippen molar-refractivity contribution in [3.8, 4) is 0 Å². The van der Waals surface area contributed by atoms with Crippen molar-refractivity contribution in [3.05, 3.63) is 28.8 Å². The number of rotatable bonds is 5. The Labute approximate surface area is 117 Å². The van der Waals surface area contributed by atoms with Crippen molar-refractivity contribution >= 4 is 29.1 Å². The molecule has 0 saturated heterocycles. The first kappa shape index (κ1) is 15.5. The Bertz CT molecular complexity index is 475. The van der Waals surface area contributed by atoms with Crippen molar-refractivity contribution in [1.29, 1.82) is 0 Å². The molecule has 0 atom stereocenters. The fraction of sp³-hybridized carbons (Fsp3) is 0.385. The Hall–Kier alpha value is -1.59. The summed E-state index contributed by atoms with van der Waals surface area (Å²) in [5.74, 6) is -0.268. The van der Waals surface area contributed by atoms with Gasteiger partial charge in [-0.15, -0.1) is 0 Å². The minimum absolute atomic E-state index is 0.0999. The van der Waals surface area contributed by atoms with Crippen molar-refractivity contribution < 1.29 is 9.59 Å². The van der Waals surface area contributed by atoms with E-state index in [9.17, 15) is 9.59 Å². The van der Waals surface area contributed by atoms with Crippen LogP contribution in [0.25, 0.3) is 0 Å². The summed E-state index contributed by atoms with van der Waals surface area (Å²) in [7, 11) is 5.10. The molecule has 0 aliphatic rings. The molecule has 0 aliphatic heterocycles. The third kappa shape index (κ3) is 4.54. The molecule has 0 radical (unpaired) electrons. The van der Waals surface area contributed by atoms with Gasteiger partial charge in [0.2, 0.25) is 5.91 Å². The Morgan fingerprint density at radius 1 is 1.32 bits per heavy atom. The molecule has 0 saturated carbocycles. The number of hydrogen-bond donors (Lipinski definition) is 2. The van der Waals surface area contributed by atoms with Gasteiger partial charge in [0.15, 0.2) is 0 Å². The lowest BCUT2D eigenvalue weighted by Gasteiger charge is -2.12. The lowest BCUT2D eigenvalue weighted by molar-refractivity contribution is -0.116. The fourth-order valence-corrected chi connectivity index (χ4v) is 1.73. The normalized spacial score (nSPS) is 10.1. The second-order valence-corrected chi connectivity index (χ2v) is 4.70. The highest BCUT2D eigenvalue weighted by atomic mass is 35.5. The summed E-state index contributed by atoms with van der Waals surface area (Å²) in [6, 6.07) is 4.85. The molecule has 1 rings (SSSR count). The zero-order valence-electron chi connectivity index (χ0n) is 11.3. The zero-order valence-corrected chi connectivity index (χ0v) is 12.0. The van der Waals surface area contributed by atoms with E-state index >= 15 is 0 Å². The van der Waals surface area contributed by atoms with Gasteiger partial charge < -0.3 is 15.5 Å². The maximum atomic E-state index is 11.8. The second kappa shape index (κ2) is 7.11. The van der Waals surface area contributed by atoms with E-state index in [1.54, 1.807) is 39.3 Å². The van der Waals surface area contributed by atoms with Crippen LogP contribution in [0, 0.1) is 0 Å². The van der Waals surface area contributed by atoms with E-state index in [2.05, 4.69) is 10.6 Å². The molecule has 2 N–H and O–H groups in total. The predicted molar refractivity (Wildman–Crippen MR) is 76.6 cm³/mol. The van der Waals surface area contributed by atoms with E-state index in [1.165, 1.54) is 4.90 Å². The minimum atomic E-state index is -0.168. The first-order valence-corrected chi connectivity index (χ1v) is 6.29. The first-order chi connectivity index (χ1) is 8.95. The van der Waals surface area contributed by atoms with Crippen molar-refractivity contribution in [2.75, 3.05) is 33.0 Å². The zero-order chi connectivity index (χ0) is 14.4. The van der Waals surface area contributed by atoms with E-state index in [0.717, 1.165) is 0 Å². The summed E-state index contributed by atoms with van der Waals surface area (Å²) in [6.07, 6.45) is 0.381. The average Bonchev–Trinajstić information content (AvgIpc) is 2.35. The summed E-state index contributed by atoms with van der Waals surface area (Å²) < 4.78 is 0. The van der Waals surface area contributed by atoms with Crippen LogP contribution in [0.3, 0.4) is 0 Å². The maximum absolute atomic E-state index is 11.8. The second-order valence-electron chi connectivity index (χ2n) is 4.30. The average molecular weight is 284 g/mol. The van der Waals surface area contributed by atoms with Gasteiger partial charge in [0.05, 0.1) is 10.6 Å². The van der Waals surface area contributed by atoms with Crippen LogP contribution in [0.5, 0.6) is 0 Å². The molecule has 0 aromatic heterocycles. The highest BCUT2D eigenvalue weighted by Crippen LogP contribution is 2.22. The Morgan fingerprint density at radius 3 is 2.53 bits per heavy atom. The molecule has 0 aliphatic carbocycles. The number of carbonyl (C=O) groups is 2. The molecule has 0 bridgehead atoms. The van der Waals surface area contributed by atoms with E-state index < -0.39 is 0 Å². The number of hydrogen-bond acceptors (Lipinski definition) is 3. The predicted octanol–water partition coefficient (Wildman–Crippen LogP) is 1.59. The SMILES string of the molecule is CNCCC(=O)Nc1ccc(C(=O)N(C)C)c(Cl)c1. The number of benzene rings is 1. The number of nitrogens with one attached hydrogen (secondary N) is 2. The van der Waals surface area contributed by atoms with Crippen molar-refractivity contribution in [3.63, 3.8) is 0 Å². The highest BCUT2D eigenvalue weighted by molar-refractivity contribution is 6.34. The van der Waals surface area contributed by atoms with E-state index in [4.69, 9.17) is 11.6 Å². The molecule has 5 nitrogen and oxygen atoms in total. The molecule has 19 heavy (non-hydrogen) atoms. The molecule has 6 heteroatoms. The summed E-state index contributed by atoms with van der Waals surface area (Å²) in [4.78, 5) is 24.8. The van der Waals surface area contributed by atoms with Crippen LogP contribution >= 0.6 is 11.6 Å². The largest absolute Gasteiger partial charge is 0.345 e. The molecule has 0 fully saturated rings. The summed E-state index contributed by atoms with van der Waals surface area (Å²) in [5.41, 5.74) is 1.00. The van der Waals surface area contributed by atoms with Crippen LogP contribution in [0.1, 0.15) is 16.8 Å². The smallest absolute Gasteiger partial charge is 0.254 e. The van der Waals surface area contributed by atoms with Crippen molar-refractivity contribution in [2.24, 2.45) is 0 Å². The maximum Gasteiger partial charge on any atom is 0.254 e. The van der Waals surface area contributed by atoms with Gasteiger partial charge in [-0.1, -0.05) is 11.6 Å². The Balaban J connectivity index is 2.77. The van der Waals surface area contributed by atoms with Crippen LogP contribution in [0.15, 0.2) is 18.2 Å². The quantitative estimate of drug-likeness (QED) is 0.863. The van der Waals surface area contributed by atoms with Gasteiger partial charge in [0, 0.05) is 32.7 Å². The Kier molecular flexibility index (Phi) is 5.79. The van der Waals surface area contributed by atoms with Gasteiger partial charge in [0.1, 0.15) is 0 Å². The molecule has 1 aromatic rings. The van der Waals surface area contributed by atoms with Crippen molar-refractivity contribution in [2.45, 2.75) is 6.42 Å². The molecule has 104 valence electrons. The van der Waals surface area contributed by atoms with E-state index in [0.29, 0.717) is 29.2 Å². The lowest BCUT2D eigenvalue weighted by atomic mass is 10.2. The van der Waals surface area contributed by atoms with Crippen LogP contribution in [-0.4, -0.2) is 44.4 Å². The number of nitrogens with zero attached hydrogens (tertiary/aromatic N) is 1. The number of carbonyl (C=O) groups excluding carboxylic acids is 2.